The van der Waals surface area contributed by atoms with Crippen molar-refractivity contribution in [1.82, 2.24) is 4.98 Å². The Kier molecular flexibility index (Phi) is 7.49. The lowest BCUT2D eigenvalue weighted by molar-refractivity contribution is 0.205. The Morgan fingerprint density at radius 2 is 1.64 bits per heavy atom. The number of benzene rings is 3. The second kappa shape index (κ2) is 10.9. The van der Waals surface area contributed by atoms with E-state index in [1.54, 1.807) is 32.6 Å². The number of ether oxygens (including phenoxy) is 4. The minimum atomic E-state index is 0.282. The maximum absolute atomic E-state index is 6.11. The van der Waals surface area contributed by atoms with Crippen molar-refractivity contribution in [3.8, 4) is 23.0 Å². The highest BCUT2D eigenvalue weighted by atomic mass is 35.5. The standard InChI is InChI=1S/C24H22ClN3O4S/c1-29-20-13-16(15-26-28-24-27-18-8-4-6-10-22(18)33-24)14-21(30-2)23(20)32-12-11-31-19-9-5-3-7-17(19)25/h3-10,13-15H,11-12H2,1-2H3,(H,27,28)/b26-15+. The van der Waals surface area contributed by atoms with Crippen molar-refractivity contribution >= 4 is 44.5 Å². The summed E-state index contributed by atoms with van der Waals surface area (Å²) < 4.78 is 23.7. The fraction of sp³-hybridized carbons (Fsp3) is 0.167. The van der Waals surface area contributed by atoms with Crippen LogP contribution in [0.15, 0.2) is 65.8 Å². The molecule has 3 aromatic carbocycles. The van der Waals surface area contributed by atoms with Gasteiger partial charge in [-0.15, -0.1) is 0 Å². The maximum atomic E-state index is 6.11. The number of thiazole rings is 1. The predicted molar refractivity (Wildman–Crippen MR) is 133 cm³/mol. The number of hydrogen-bond acceptors (Lipinski definition) is 8. The van der Waals surface area contributed by atoms with Gasteiger partial charge in [0.15, 0.2) is 11.5 Å². The summed E-state index contributed by atoms with van der Waals surface area (Å²) >= 11 is 7.64. The van der Waals surface area contributed by atoms with E-state index < -0.39 is 0 Å². The third-order valence-corrected chi connectivity index (χ3v) is 5.83. The molecular formula is C24H22ClN3O4S. The van der Waals surface area contributed by atoms with Crippen molar-refractivity contribution in [2.24, 2.45) is 5.10 Å². The van der Waals surface area contributed by atoms with Crippen LogP contribution < -0.4 is 24.4 Å². The fourth-order valence-electron chi connectivity index (χ4n) is 3.06. The number of anilines is 1. The Bertz CT molecular complexity index is 1200. The van der Waals surface area contributed by atoms with Gasteiger partial charge in [0.25, 0.3) is 0 Å². The first-order valence-electron chi connectivity index (χ1n) is 10.1. The summed E-state index contributed by atoms with van der Waals surface area (Å²) in [6.45, 7) is 0.593. The SMILES string of the molecule is COc1cc(/C=N/Nc2nc3ccccc3s2)cc(OC)c1OCCOc1ccccc1Cl. The van der Waals surface area contributed by atoms with Crippen LogP contribution in [0, 0.1) is 0 Å². The van der Waals surface area contributed by atoms with E-state index >= 15 is 0 Å². The molecule has 33 heavy (non-hydrogen) atoms. The van der Waals surface area contributed by atoms with E-state index in [1.165, 1.54) is 11.3 Å². The zero-order chi connectivity index (χ0) is 23.0. The Hall–Kier alpha value is -3.49. The van der Waals surface area contributed by atoms with Gasteiger partial charge >= 0.3 is 0 Å². The second-order valence-corrected chi connectivity index (χ2v) is 8.18. The molecule has 0 saturated heterocycles. The van der Waals surface area contributed by atoms with Crippen LogP contribution in [0.2, 0.25) is 5.02 Å². The molecule has 4 aromatic rings. The average Bonchev–Trinajstić information content (AvgIpc) is 3.25. The van der Waals surface area contributed by atoms with Crippen molar-refractivity contribution in [1.29, 1.82) is 0 Å². The summed E-state index contributed by atoms with van der Waals surface area (Å²) in [5.41, 5.74) is 4.68. The Morgan fingerprint density at radius 1 is 0.939 bits per heavy atom. The molecule has 7 nitrogen and oxygen atoms in total. The summed E-state index contributed by atoms with van der Waals surface area (Å²) in [5.74, 6) is 2.13. The van der Waals surface area contributed by atoms with Crippen LogP contribution in [-0.2, 0) is 0 Å². The number of nitrogens with one attached hydrogen (secondary N) is 1. The van der Waals surface area contributed by atoms with Gasteiger partial charge in [-0.2, -0.15) is 5.10 Å². The first kappa shape index (κ1) is 22.7. The first-order chi connectivity index (χ1) is 16.2. The van der Waals surface area contributed by atoms with Crippen LogP contribution in [-0.4, -0.2) is 38.6 Å². The summed E-state index contributed by atoms with van der Waals surface area (Å²) in [6.07, 6.45) is 1.67. The molecule has 0 aliphatic heterocycles. The van der Waals surface area contributed by atoms with Crippen LogP contribution in [0.1, 0.15) is 5.56 Å². The topological polar surface area (TPSA) is 74.2 Å². The average molecular weight is 484 g/mol. The van der Waals surface area contributed by atoms with Gasteiger partial charge in [0.1, 0.15) is 19.0 Å². The van der Waals surface area contributed by atoms with Crippen LogP contribution in [0.5, 0.6) is 23.0 Å². The molecular weight excluding hydrogens is 462 g/mol. The summed E-state index contributed by atoms with van der Waals surface area (Å²) in [6, 6.07) is 18.9. The van der Waals surface area contributed by atoms with Gasteiger partial charge in [0.05, 0.1) is 35.7 Å². The van der Waals surface area contributed by atoms with Gasteiger partial charge in [0, 0.05) is 5.56 Å². The van der Waals surface area contributed by atoms with Crippen molar-refractivity contribution in [2.75, 3.05) is 32.9 Å². The zero-order valence-electron chi connectivity index (χ0n) is 18.1. The van der Waals surface area contributed by atoms with Crippen LogP contribution in [0.25, 0.3) is 10.2 Å². The Morgan fingerprint density at radius 3 is 2.36 bits per heavy atom. The number of halogens is 1. The minimum Gasteiger partial charge on any atom is -0.493 e. The molecule has 0 radical (unpaired) electrons. The van der Waals surface area contributed by atoms with E-state index in [2.05, 4.69) is 15.5 Å². The van der Waals surface area contributed by atoms with Gasteiger partial charge in [-0.3, -0.25) is 5.43 Å². The summed E-state index contributed by atoms with van der Waals surface area (Å²) in [5, 5.41) is 5.56. The molecule has 9 heteroatoms. The predicted octanol–water partition coefficient (Wildman–Crippen LogP) is 5.87. The molecule has 4 rings (SSSR count). The highest BCUT2D eigenvalue weighted by Crippen LogP contribution is 2.38. The zero-order valence-corrected chi connectivity index (χ0v) is 19.7. The van der Waals surface area contributed by atoms with Crippen LogP contribution >= 0.6 is 22.9 Å². The van der Waals surface area contributed by atoms with Crippen LogP contribution in [0.4, 0.5) is 5.13 Å². The molecule has 0 saturated carbocycles. The molecule has 170 valence electrons. The number of hydrogen-bond donors (Lipinski definition) is 1. The number of aromatic nitrogens is 1. The number of nitrogens with zero attached hydrogens (tertiary/aromatic N) is 2. The van der Waals surface area contributed by atoms with Gasteiger partial charge < -0.3 is 18.9 Å². The molecule has 0 fully saturated rings. The van der Waals surface area contributed by atoms with Crippen molar-refractivity contribution in [3.63, 3.8) is 0 Å². The first-order valence-corrected chi connectivity index (χ1v) is 11.3. The molecule has 0 aliphatic rings. The lowest BCUT2D eigenvalue weighted by Crippen LogP contribution is -2.10. The summed E-state index contributed by atoms with van der Waals surface area (Å²) in [4.78, 5) is 4.50. The summed E-state index contributed by atoms with van der Waals surface area (Å²) in [7, 11) is 3.14. The van der Waals surface area contributed by atoms with E-state index in [0.717, 1.165) is 15.8 Å². The van der Waals surface area contributed by atoms with Crippen molar-refractivity contribution in [3.05, 3.63) is 71.2 Å². The molecule has 1 heterocycles. The molecule has 1 N–H and O–H groups in total. The van der Waals surface area contributed by atoms with Gasteiger partial charge in [-0.1, -0.05) is 47.2 Å². The highest BCUT2D eigenvalue weighted by molar-refractivity contribution is 7.22. The maximum Gasteiger partial charge on any atom is 0.204 e. The Balaban J connectivity index is 1.41. The van der Waals surface area contributed by atoms with E-state index in [4.69, 9.17) is 30.5 Å². The smallest absolute Gasteiger partial charge is 0.204 e. The molecule has 0 unspecified atom stereocenters. The number of hydrazone groups is 1. The van der Waals surface area contributed by atoms with E-state index in [-0.39, 0.29) is 6.61 Å². The second-order valence-electron chi connectivity index (χ2n) is 6.74. The molecule has 0 amide bonds. The van der Waals surface area contributed by atoms with E-state index in [9.17, 15) is 0 Å². The van der Waals surface area contributed by atoms with E-state index in [1.807, 2.05) is 48.5 Å². The Labute approximate surface area is 200 Å². The molecule has 0 bridgehead atoms. The fourth-order valence-corrected chi connectivity index (χ4v) is 4.06. The number of para-hydroxylation sites is 2. The number of fused-ring (bicyclic) bond motifs is 1. The monoisotopic (exact) mass is 483 g/mol. The molecule has 0 spiro atoms. The van der Waals surface area contributed by atoms with Gasteiger partial charge in [-0.05, 0) is 36.4 Å². The van der Waals surface area contributed by atoms with Crippen LogP contribution in [0.3, 0.4) is 0 Å². The lowest BCUT2D eigenvalue weighted by atomic mass is 10.2. The molecule has 0 atom stereocenters. The third kappa shape index (κ3) is 5.66. The number of methoxy groups -OCH3 is 2. The van der Waals surface area contributed by atoms with Crippen molar-refractivity contribution in [2.45, 2.75) is 0 Å². The van der Waals surface area contributed by atoms with Crippen molar-refractivity contribution < 1.29 is 18.9 Å². The normalized spacial score (nSPS) is 11.0. The van der Waals surface area contributed by atoms with E-state index in [0.29, 0.717) is 39.8 Å². The molecule has 1 aromatic heterocycles. The van der Waals surface area contributed by atoms with Gasteiger partial charge in [-0.25, -0.2) is 4.98 Å². The van der Waals surface area contributed by atoms with Gasteiger partial charge in [0.2, 0.25) is 10.9 Å². The number of rotatable bonds is 10. The highest BCUT2D eigenvalue weighted by Gasteiger charge is 2.14. The quantitative estimate of drug-likeness (QED) is 0.173. The molecule has 0 aliphatic carbocycles. The largest absolute Gasteiger partial charge is 0.493 e. The third-order valence-electron chi connectivity index (χ3n) is 4.57. The minimum absolute atomic E-state index is 0.282. The lowest BCUT2D eigenvalue weighted by Gasteiger charge is -2.15.